The van der Waals surface area contributed by atoms with Gasteiger partial charge >= 0.3 is 0 Å². The Morgan fingerprint density at radius 2 is 1.75 bits per heavy atom. The molecule has 3 N–H and O–H groups in total. The zero-order valence-electron chi connectivity index (χ0n) is 15.7. The lowest BCUT2D eigenvalue weighted by Gasteiger charge is -2.15. The monoisotopic (exact) mass is 401 g/mol. The number of carbonyl (C=O) groups is 2. The number of hydrogen-bond donors (Lipinski definition) is 3. The van der Waals surface area contributed by atoms with Crippen LogP contribution in [0.25, 0.3) is 0 Å². The smallest absolute Gasteiger partial charge is 0.251 e. The van der Waals surface area contributed by atoms with Gasteiger partial charge in [-0.15, -0.1) is 0 Å². The predicted molar refractivity (Wildman–Crippen MR) is 107 cm³/mol. The zero-order chi connectivity index (χ0) is 20.3. The first-order chi connectivity index (χ1) is 13.2. The zero-order valence-corrected chi connectivity index (χ0v) is 16.5. The van der Waals surface area contributed by atoms with Crippen LogP contribution in [0.3, 0.4) is 0 Å². The van der Waals surface area contributed by atoms with E-state index in [1.807, 2.05) is 13.0 Å². The first-order valence-electron chi connectivity index (χ1n) is 9.05. The molecule has 1 aliphatic rings. The standard InChI is InChI=1S/C20H23N3O4S/c1-13-4-3-5-15(12-13)20(25)21-14(2)19(24)22-16-8-10-18(11-9-16)28(26,27)23-17-6-7-17/h3-5,8-12,14,17,23H,6-7H2,1-2H3,(H,21,25)(H,22,24). The van der Waals surface area contributed by atoms with Crippen LogP contribution in [0.15, 0.2) is 53.4 Å². The molecule has 1 unspecified atom stereocenters. The molecule has 0 aliphatic heterocycles. The van der Waals surface area contributed by atoms with Crippen LogP contribution in [0.1, 0.15) is 35.7 Å². The minimum atomic E-state index is -3.53. The van der Waals surface area contributed by atoms with E-state index in [9.17, 15) is 18.0 Å². The van der Waals surface area contributed by atoms with Crippen LogP contribution in [0.5, 0.6) is 0 Å². The Balaban J connectivity index is 1.58. The van der Waals surface area contributed by atoms with E-state index < -0.39 is 22.0 Å². The molecule has 0 spiro atoms. The Bertz CT molecular complexity index is 983. The summed E-state index contributed by atoms with van der Waals surface area (Å²) >= 11 is 0. The molecule has 8 heteroatoms. The minimum Gasteiger partial charge on any atom is -0.341 e. The average Bonchev–Trinajstić information content (AvgIpc) is 3.45. The molecule has 0 bridgehead atoms. The van der Waals surface area contributed by atoms with Gasteiger partial charge in [0, 0.05) is 17.3 Å². The normalized spacial score (nSPS) is 14.9. The number of benzene rings is 2. The molecule has 0 saturated heterocycles. The van der Waals surface area contributed by atoms with Gasteiger partial charge < -0.3 is 10.6 Å². The number of amides is 2. The van der Waals surface area contributed by atoms with Gasteiger partial charge in [0.25, 0.3) is 5.91 Å². The summed E-state index contributed by atoms with van der Waals surface area (Å²) in [5, 5.41) is 5.32. The maximum absolute atomic E-state index is 12.3. The number of carbonyl (C=O) groups excluding carboxylic acids is 2. The van der Waals surface area contributed by atoms with Crippen LogP contribution >= 0.6 is 0 Å². The lowest BCUT2D eigenvalue weighted by molar-refractivity contribution is -0.117. The number of rotatable bonds is 7. The van der Waals surface area contributed by atoms with Crippen LogP contribution in [0.4, 0.5) is 5.69 Å². The highest BCUT2D eigenvalue weighted by Gasteiger charge is 2.28. The molecule has 1 saturated carbocycles. The quantitative estimate of drug-likeness (QED) is 0.661. The van der Waals surface area contributed by atoms with Crippen molar-refractivity contribution in [3.63, 3.8) is 0 Å². The van der Waals surface area contributed by atoms with Crippen LogP contribution in [-0.4, -0.2) is 32.3 Å². The lowest BCUT2D eigenvalue weighted by atomic mass is 10.1. The third kappa shape index (κ3) is 5.17. The van der Waals surface area contributed by atoms with Crippen molar-refractivity contribution in [3.8, 4) is 0 Å². The van der Waals surface area contributed by atoms with E-state index in [0.717, 1.165) is 18.4 Å². The topological polar surface area (TPSA) is 104 Å². The van der Waals surface area contributed by atoms with Crippen molar-refractivity contribution in [1.29, 1.82) is 0 Å². The molecular formula is C20H23N3O4S. The molecule has 3 rings (SSSR count). The van der Waals surface area contributed by atoms with E-state index in [1.54, 1.807) is 25.1 Å². The van der Waals surface area contributed by atoms with Crippen LogP contribution in [-0.2, 0) is 14.8 Å². The summed E-state index contributed by atoms with van der Waals surface area (Å²) in [4.78, 5) is 24.7. The van der Waals surface area contributed by atoms with Crippen molar-refractivity contribution < 1.29 is 18.0 Å². The fraction of sp³-hybridized carbons (Fsp3) is 0.300. The van der Waals surface area contributed by atoms with Gasteiger partial charge in [0.2, 0.25) is 15.9 Å². The fourth-order valence-electron chi connectivity index (χ4n) is 2.59. The molecular weight excluding hydrogens is 378 g/mol. The van der Waals surface area contributed by atoms with Crippen molar-refractivity contribution in [3.05, 3.63) is 59.7 Å². The molecule has 0 heterocycles. The third-order valence-corrected chi connectivity index (χ3v) is 5.89. The summed E-state index contributed by atoms with van der Waals surface area (Å²) in [7, 11) is -3.53. The summed E-state index contributed by atoms with van der Waals surface area (Å²) in [5.41, 5.74) is 1.89. The largest absolute Gasteiger partial charge is 0.341 e. The Kier molecular flexibility index (Phi) is 5.81. The van der Waals surface area contributed by atoms with Gasteiger partial charge in [-0.05, 0) is 63.1 Å². The SMILES string of the molecule is Cc1cccc(C(=O)NC(C)C(=O)Nc2ccc(S(=O)(=O)NC3CC3)cc2)c1. The lowest BCUT2D eigenvalue weighted by Crippen LogP contribution is -2.41. The first-order valence-corrected chi connectivity index (χ1v) is 10.5. The Labute approximate surface area is 164 Å². The summed E-state index contributed by atoms with van der Waals surface area (Å²) in [5.74, 6) is -0.730. The van der Waals surface area contributed by atoms with E-state index in [-0.39, 0.29) is 16.8 Å². The number of sulfonamides is 1. The highest BCUT2D eigenvalue weighted by Crippen LogP contribution is 2.22. The van der Waals surface area contributed by atoms with Gasteiger partial charge in [0.05, 0.1) is 4.90 Å². The Morgan fingerprint density at radius 3 is 2.36 bits per heavy atom. The summed E-state index contributed by atoms with van der Waals surface area (Å²) in [6.07, 6.45) is 1.72. The van der Waals surface area contributed by atoms with Gasteiger partial charge in [-0.25, -0.2) is 13.1 Å². The van der Waals surface area contributed by atoms with E-state index in [1.165, 1.54) is 24.3 Å². The number of anilines is 1. The summed E-state index contributed by atoms with van der Waals surface area (Å²) in [6, 6.07) is 12.3. The van der Waals surface area contributed by atoms with Crippen LogP contribution < -0.4 is 15.4 Å². The van der Waals surface area contributed by atoms with Crippen molar-refractivity contribution in [2.45, 2.75) is 43.7 Å². The highest BCUT2D eigenvalue weighted by atomic mass is 32.2. The van der Waals surface area contributed by atoms with E-state index in [4.69, 9.17) is 0 Å². The number of hydrogen-bond acceptors (Lipinski definition) is 4. The fourth-order valence-corrected chi connectivity index (χ4v) is 3.89. The average molecular weight is 401 g/mol. The molecule has 7 nitrogen and oxygen atoms in total. The first kappa shape index (κ1) is 20.0. The second-order valence-corrected chi connectivity index (χ2v) is 8.69. The van der Waals surface area contributed by atoms with Gasteiger partial charge in [-0.3, -0.25) is 9.59 Å². The van der Waals surface area contributed by atoms with Crippen molar-refractivity contribution in [1.82, 2.24) is 10.0 Å². The number of nitrogens with one attached hydrogen (secondary N) is 3. The molecule has 1 aliphatic carbocycles. The third-order valence-electron chi connectivity index (χ3n) is 4.35. The van der Waals surface area contributed by atoms with Crippen LogP contribution in [0.2, 0.25) is 0 Å². The van der Waals surface area contributed by atoms with Gasteiger partial charge in [0.15, 0.2) is 0 Å². The van der Waals surface area contributed by atoms with Crippen molar-refractivity contribution in [2.24, 2.45) is 0 Å². The second kappa shape index (κ2) is 8.12. The van der Waals surface area contributed by atoms with E-state index in [2.05, 4.69) is 15.4 Å². The molecule has 148 valence electrons. The summed E-state index contributed by atoms with van der Waals surface area (Å²) in [6.45, 7) is 3.47. The Morgan fingerprint density at radius 1 is 1.07 bits per heavy atom. The molecule has 2 aromatic carbocycles. The number of aryl methyl sites for hydroxylation is 1. The van der Waals surface area contributed by atoms with E-state index >= 15 is 0 Å². The molecule has 1 atom stereocenters. The van der Waals surface area contributed by atoms with E-state index in [0.29, 0.717) is 11.3 Å². The van der Waals surface area contributed by atoms with Gasteiger partial charge in [0.1, 0.15) is 6.04 Å². The Hall–Kier alpha value is -2.71. The second-order valence-electron chi connectivity index (χ2n) is 6.97. The molecule has 2 amide bonds. The van der Waals surface area contributed by atoms with Crippen molar-refractivity contribution >= 4 is 27.5 Å². The molecule has 2 aromatic rings. The minimum absolute atomic E-state index is 0.0299. The molecule has 1 fully saturated rings. The predicted octanol–water partition coefficient (Wildman–Crippen LogP) is 2.19. The van der Waals surface area contributed by atoms with Crippen molar-refractivity contribution in [2.75, 3.05) is 5.32 Å². The highest BCUT2D eigenvalue weighted by molar-refractivity contribution is 7.89. The van der Waals surface area contributed by atoms with Gasteiger partial charge in [-0.1, -0.05) is 17.7 Å². The molecule has 28 heavy (non-hydrogen) atoms. The summed E-state index contributed by atoms with van der Waals surface area (Å²) < 4.78 is 26.9. The maximum Gasteiger partial charge on any atom is 0.251 e. The molecule has 0 aromatic heterocycles. The maximum atomic E-state index is 12.3. The molecule has 0 radical (unpaired) electrons. The van der Waals surface area contributed by atoms with Gasteiger partial charge in [-0.2, -0.15) is 0 Å². The van der Waals surface area contributed by atoms with Crippen LogP contribution in [0, 0.1) is 6.92 Å².